The molecule has 4 rings (SSSR count). The lowest BCUT2D eigenvalue weighted by molar-refractivity contribution is -0.127. The summed E-state index contributed by atoms with van der Waals surface area (Å²) in [5, 5.41) is 3.68. The highest BCUT2D eigenvalue weighted by atomic mass is 35.5. The molecule has 2 aromatic carbocycles. The van der Waals surface area contributed by atoms with Crippen molar-refractivity contribution in [1.82, 2.24) is 14.5 Å². The third kappa shape index (κ3) is 5.70. The molecule has 6 nitrogen and oxygen atoms in total. The highest BCUT2D eigenvalue weighted by molar-refractivity contribution is 7.89. The van der Waals surface area contributed by atoms with Crippen molar-refractivity contribution >= 4 is 27.5 Å². The van der Waals surface area contributed by atoms with Crippen LogP contribution in [0.2, 0.25) is 5.02 Å². The Hall–Kier alpha value is -1.93. The maximum Gasteiger partial charge on any atom is 0.243 e. The Balaban J connectivity index is 1.29. The van der Waals surface area contributed by atoms with Gasteiger partial charge in [-0.3, -0.25) is 9.69 Å². The highest BCUT2D eigenvalue weighted by Gasteiger charge is 2.34. The maximum atomic E-state index is 13.0. The van der Waals surface area contributed by atoms with E-state index in [0.29, 0.717) is 24.4 Å². The Morgan fingerprint density at radius 1 is 0.969 bits per heavy atom. The lowest BCUT2D eigenvalue weighted by Gasteiger charge is -2.35. The summed E-state index contributed by atoms with van der Waals surface area (Å²) in [7, 11) is -3.63. The second-order valence-electron chi connectivity index (χ2n) is 8.70. The minimum atomic E-state index is -3.63. The minimum Gasteiger partial charge on any atom is -0.353 e. The molecule has 8 heteroatoms. The Bertz CT molecular complexity index is 1010. The van der Waals surface area contributed by atoms with Crippen LogP contribution in [-0.4, -0.2) is 55.8 Å². The van der Waals surface area contributed by atoms with E-state index in [2.05, 4.69) is 34.5 Å². The molecule has 2 heterocycles. The van der Waals surface area contributed by atoms with Crippen LogP contribution in [0, 0.1) is 5.92 Å². The predicted molar refractivity (Wildman–Crippen MR) is 126 cm³/mol. The van der Waals surface area contributed by atoms with Crippen molar-refractivity contribution in [2.24, 2.45) is 5.92 Å². The van der Waals surface area contributed by atoms with Gasteiger partial charge in [-0.2, -0.15) is 4.31 Å². The van der Waals surface area contributed by atoms with E-state index in [4.69, 9.17) is 11.6 Å². The van der Waals surface area contributed by atoms with Crippen molar-refractivity contribution in [2.75, 3.05) is 26.2 Å². The first-order valence-corrected chi connectivity index (χ1v) is 13.1. The molecule has 0 aliphatic carbocycles. The fourth-order valence-electron chi connectivity index (χ4n) is 4.53. The summed E-state index contributed by atoms with van der Waals surface area (Å²) in [6.07, 6.45) is 3.22. The molecule has 2 aliphatic rings. The van der Waals surface area contributed by atoms with E-state index < -0.39 is 10.0 Å². The van der Waals surface area contributed by atoms with Crippen LogP contribution in [0.4, 0.5) is 0 Å². The standard InChI is InChI=1S/C24H30ClN3O3S/c25-21-8-10-23(11-9-21)32(30,31)28-14-4-7-20(18-28)24(29)26-22-12-15-27(16-13-22)17-19-5-2-1-3-6-19/h1-3,5-6,8-11,20,22H,4,7,12-18H2,(H,26,29). The van der Waals surface area contributed by atoms with Crippen molar-refractivity contribution in [3.05, 3.63) is 65.2 Å². The Morgan fingerprint density at radius 2 is 1.66 bits per heavy atom. The van der Waals surface area contributed by atoms with E-state index in [0.717, 1.165) is 32.5 Å². The lowest BCUT2D eigenvalue weighted by Crippen LogP contribution is -2.50. The highest BCUT2D eigenvalue weighted by Crippen LogP contribution is 2.25. The molecule has 2 saturated heterocycles. The lowest BCUT2D eigenvalue weighted by atomic mass is 9.97. The van der Waals surface area contributed by atoms with Gasteiger partial charge in [0.1, 0.15) is 0 Å². The molecule has 0 bridgehead atoms. The number of carbonyl (C=O) groups excluding carboxylic acids is 1. The number of piperidine rings is 2. The van der Waals surface area contributed by atoms with E-state index in [1.54, 1.807) is 12.1 Å². The van der Waals surface area contributed by atoms with Crippen molar-refractivity contribution in [3.63, 3.8) is 0 Å². The molecule has 1 N–H and O–H groups in total. The zero-order valence-electron chi connectivity index (χ0n) is 18.1. The van der Waals surface area contributed by atoms with Crippen LogP contribution >= 0.6 is 11.6 Å². The molecule has 0 radical (unpaired) electrons. The van der Waals surface area contributed by atoms with E-state index in [-0.39, 0.29) is 29.3 Å². The van der Waals surface area contributed by atoms with Gasteiger partial charge in [-0.1, -0.05) is 41.9 Å². The van der Waals surface area contributed by atoms with Crippen LogP contribution in [0.15, 0.2) is 59.5 Å². The fourth-order valence-corrected chi connectivity index (χ4v) is 6.18. The van der Waals surface area contributed by atoms with Crippen LogP contribution in [0.3, 0.4) is 0 Å². The maximum absolute atomic E-state index is 13.0. The topological polar surface area (TPSA) is 69.7 Å². The molecule has 2 aromatic rings. The number of carbonyl (C=O) groups is 1. The summed E-state index contributed by atoms with van der Waals surface area (Å²) < 4.78 is 27.4. The molecule has 172 valence electrons. The number of benzene rings is 2. The molecule has 1 atom stereocenters. The van der Waals surface area contributed by atoms with Crippen molar-refractivity contribution in [3.8, 4) is 0 Å². The van der Waals surface area contributed by atoms with Crippen LogP contribution in [-0.2, 0) is 21.4 Å². The molecular weight excluding hydrogens is 446 g/mol. The van der Waals surface area contributed by atoms with Crippen molar-refractivity contribution in [1.29, 1.82) is 0 Å². The first kappa shape index (κ1) is 23.2. The van der Waals surface area contributed by atoms with E-state index >= 15 is 0 Å². The zero-order chi connectivity index (χ0) is 22.6. The second kappa shape index (κ2) is 10.3. The molecule has 2 aliphatic heterocycles. The Labute approximate surface area is 195 Å². The van der Waals surface area contributed by atoms with Crippen LogP contribution in [0.5, 0.6) is 0 Å². The first-order valence-electron chi connectivity index (χ1n) is 11.2. The molecular formula is C24H30ClN3O3S. The van der Waals surface area contributed by atoms with Gasteiger partial charge in [-0.05, 0) is 55.5 Å². The molecule has 0 saturated carbocycles. The van der Waals surface area contributed by atoms with Crippen LogP contribution < -0.4 is 5.32 Å². The number of likely N-dealkylation sites (tertiary alicyclic amines) is 1. The van der Waals surface area contributed by atoms with Gasteiger partial charge in [-0.15, -0.1) is 0 Å². The van der Waals surface area contributed by atoms with E-state index in [9.17, 15) is 13.2 Å². The number of sulfonamides is 1. The zero-order valence-corrected chi connectivity index (χ0v) is 19.7. The number of hydrogen-bond donors (Lipinski definition) is 1. The number of rotatable bonds is 6. The van der Waals surface area contributed by atoms with Crippen molar-refractivity contribution in [2.45, 2.75) is 43.2 Å². The normalized spacial score (nSPS) is 21.3. The largest absolute Gasteiger partial charge is 0.353 e. The van der Waals surface area contributed by atoms with Gasteiger partial charge < -0.3 is 5.32 Å². The first-order chi connectivity index (χ1) is 15.4. The number of halogens is 1. The monoisotopic (exact) mass is 475 g/mol. The fraction of sp³-hybridized carbons (Fsp3) is 0.458. The molecule has 1 amide bonds. The quantitative estimate of drug-likeness (QED) is 0.694. The number of hydrogen-bond acceptors (Lipinski definition) is 4. The third-order valence-electron chi connectivity index (χ3n) is 6.39. The summed E-state index contributed by atoms with van der Waals surface area (Å²) in [5.41, 5.74) is 1.30. The van der Waals surface area contributed by atoms with Gasteiger partial charge in [0.15, 0.2) is 0 Å². The SMILES string of the molecule is O=C(NC1CCN(Cc2ccccc2)CC1)C1CCCN(S(=O)(=O)c2ccc(Cl)cc2)C1. The van der Waals surface area contributed by atoms with Gasteiger partial charge in [-0.25, -0.2) is 8.42 Å². The van der Waals surface area contributed by atoms with Crippen LogP contribution in [0.1, 0.15) is 31.2 Å². The molecule has 32 heavy (non-hydrogen) atoms. The number of amides is 1. The smallest absolute Gasteiger partial charge is 0.243 e. The molecule has 2 fully saturated rings. The molecule has 1 unspecified atom stereocenters. The van der Waals surface area contributed by atoms with Gasteiger partial charge in [0.25, 0.3) is 0 Å². The van der Waals surface area contributed by atoms with Gasteiger partial charge in [0.2, 0.25) is 15.9 Å². The van der Waals surface area contributed by atoms with E-state index in [1.807, 2.05) is 6.07 Å². The Morgan fingerprint density at radius 3 is 2.34 bits per heavy atom. The summed E-state index contributed by atoms with van der Waals surface area (Å²) in [5.74, 6) is -0.337. The summed E-state index contributed by atoms with van der Waals surface area (Å²) in [4.78, 5) is 15.6. The predicted octanol–water partition coefficient (Wildman–Crippen LogP) is 3.52. The average Bonchev–Trinajstić information content (AvgIpc) is 2.81. The number of nitrogens with zero attached hydrogens (tertiary/aromatic N) is 2. The Kier molecular flexibility index (Phi) is 7.51. The molecule has 0 aromatic heterocycles. The molecule has 0 spiro atoms. The average molecular weight is 476 g/mol. The third-order valence-corrected chi connectivity index (χ3v) is 8.52. The van der Waals surface area contributed by atoms with Gasteiger partial charge in [0.05, 0.1) is 10.8 Å². The van der Waals surface area contributed by atoms with Gasteiger partial charge in [0, 0.05) is 43.8 Å². The van der Waals surface area contributed by atoms with Crippen LogP contribution in [0.25, 0.3) is 0 Å². The second-order valence-corrected chi connectivity index (χ2v) is 11.1. The van der Waals surface area contributed by atoms with Crippen molar-refractivity contribution < 1.29 is 13.2 Å². The summed E-state index contributed by atoms with van der Waals surface area (Å²) >= 11 is 5.89. The summed E-state index contributed by atoms with van der Waals surface area (Å²) in [6.45, 7) is 3.49. The summed E-state index contributed by atoms with van der Waals surface area (Å²) in [6, 6.07) is 16.8. The van der Waals surface area contributed by atoms with Gasteiger partial charge >= 0.3 is 0 Å². The minimum absolute atomic E-state index is 0.0254. The van der Waals surface area contributed by atoms with E-state index in [1.165, 1.54) is 22.0 Å². The number of nitrogens with one attached hydrogen (secondary N) is 1.